The molecule has 8 nitrogen and oxygen atoms in total. The van der Waals surface area contributed by atoms with Gasteiger partial charge in [0.05, 0.1) is 35.0 Å². The van der Waals surface area contributed by atoms with Crippen LogP contribution in [0.4, 0.5) is 0 Å². The lowest BCUT2D eigenvalue weighted by Gasteiger charge is -2.09. The van der Waals surface area contributed by atoms with E-state index < -0.39 is 9.84 Å². The van der Waals surface area contributed by atoms with Gasteiger partial charge < -0.3 is 0 Å². The van der Waals surface area contributed by atoms with Crippen LogP contribution >= 0.6 is 11.6 Å². The molecular weight excluding hydrogens is 388 g/mol. The Hall–Kier alpha value is -2.52. The molecule has 0 amide bonds. The molecule has 1 aliphatic rings. The molecule has 1 aromatic carbocycles. The Balaban J connectivity index is 1.64. The van der Waals surface area contributed by atoms with Crippen molar-refractivity contribution in [2.24, 2.45) is 5.10 Å². The van der Waals surface area contributed by atoms with Crippen molar-refractivity contribution in [2.45, 2.75) is 19.4 Å². The smallest absolute Gasteiger partial charge is 0.184 e. The van der Waals surface area contributed by atoms with Gasteiger partial charge in [0.25, 0.3) is 0 Å². The number of halogens is 1. The zero-order valence-corrected chi connectivity index (χ0v) is 16.1. The van der Waals surface area contributed by atoms with Crippen molar-refractivity contribution in [1.82, 2.24) is 24.7 Å². The van der Waals surface area contributed by atoms with Crippen LogP contribution < -0.4 is 0 Å². The van der Waals surface area contributed by atoms with E-state index in [1.54, 1.807) is 15.6 Å². The highest BCUT2D eigenvalue weighted by atomic mass is 35.5. The molecule has 1 fully saturated rings. The summed E-state index contributed by atoms with van der Waals surface area (Å²) in [5.41, 5.74) is 2.22. The Morgan fingerprint density at radius 3 is 2.78 bits per heavy atom. The minimum atomic E-state index is -3.02. The Morgan fingerprint density at radius 1 is 1.30 bits per heavy atom. The second-order valence-corrected chi connectivity index (χ2v) is 8.99. The van der Waals surface area contributed by atoms with E-state index in [-0.39, 0.29) is 17.5 Å². The van der Waals surface area contributed by atoms with Gasteiger partial charge in [-0.15, -0.1) is 10.2 Å². The van der Waals surface area contributed by atoms with Crippen LogP contribution in [0, 0.1) is 6.92 Å². The molecule has 0 saturated carbocycles. The standard InChI is InChI=1S/C17H17ClN6O2S/c1-12-15(16(18)24(22-12)14-7-8-27(25,26)10-14)9-20-23-11-19-21-17(23)13-5-3-2-4-6-13/h2-6,9,11,14H,7-8,10H2,1H3/b20-9-/t14-/m1/s1. The van der Waals surface area contributed by atoms with E-state index in [1.807, 2.05) is 37.3 Å². The van der Waals surface area contributed by atoms with Crippen LogP contribution in [0.5, 0.6) is 0 Å². The molecule has 0 bridgehead atoms. The maximum atomic E-state index is 11.7. The molecule has 140 valence electrons. The molecule has 2 aromatic heterocycles. The maximum Gasteiger partial charge on any atom is 0.184 e. The third-order valence-corrected chi connectivity index (χ3v) is 6.63. The summed E-state index contributed by atoms with van der Waals surface area (Å²) in [6, 6.07) is 9.36. The Labute approximate surface area is 161 Å². The summed E-state index contributed by atoms with van der Waals surface area (Å²) in [4.78, 5) is 0. The van der Waals surface area contributed by atoms with Gasteiger partial charge in [-0.05, 0) is 13.3 Å². The summed E-state index contributed by atoms with van der Waals surface area (Å²) in [5, 5.41) is 17.2. The highest BCUT2D eigenvalue weighted by Gasteiger charge is 2.31. The first-order chi connectivity index (χ1) is 12.9. The SMILES string of the molecule is Cc1nn([C@@H]2CCS(=O)(=O)C2)c(Cl)c1/C=N\n1cnnc1-c1ccccc1. The number of benzene rings is 1. The first-order valence-electron chi connectivity index (χ1n) is 8.39. The predicted molar refractivity (Wildman–Crippen MR) is 103 cm³/mol. The fourth-order valence-electron chi connectivity index (χ4n) is 3.10. The minimum absolute atomic E-state index is 0.0635. The summed E-state index contributed by atoms with van der Waals surface area (Å²) >= 11 is 6.47. The van der Waals surface area contributed by atoms with Gasteiger partial charge in [0, 0.05) is 5.56 Å². The second kappa shape index (κ2) is 6.90. The van der Waals surface area contributed by atoms with Gasteiger partial charge in [-0.2, -0.15) is 14.9 Å². The summed E-state index contributed by atoms with van der Waals surface area (Å²) in [5.74, 6) is 0.834. The first kappa shape index (κ1) is 17.9. The second-order valence-electron chi connectivity index (χ2n) is 6.40. The lowest BCUT2D eigenvalue weighted by atomic mass is 10.2. The van der Waals surface area contributed by atoms with Crippen molar-refractivity contribution in [1.29, 1.82) is 0 Å². The molecular formula is C17H17ClN6O2S. The quantitative estimate of drug-likeness (QED) is 0.622. The molecule has 10 heteroatoms. The van der Waals surface area contributed by atoms with Gasteiger partial charge >= 0.3 is 0 Å². The zero-order valence-electron chi connectivity index (χ0n) is 14.5. The first-order valence-corrected chi connectivity index (χ1v) is 10.6. The van der Waals surface area contributed by atoms with Crippen molar-refractivity contribution in [3.8, 4) is 11.4 Å². The van der Waals surface area contributed by atoms with E-state index in [1.165, 1.54) is 6.33 Å². The molecule has 1 aliphatic heterocycles. The molecule has 0 unspecified atom stereocenters. The van der Waals surface area contributed by atoms with Crippen LogP contribution in [0.15, 0.2) is 41.8 Å². The highest BCUT2D eigenvalue weighted by Crippen LogP contribution is 2.29. The van der Waals surface area contributed by atoms with Crippen LogP contribution in [0.2, 0.25) is 5.15 Å². The molecule has 0 N–H and O–H groups in total. The number of hydrogen-bond acceptors (Lipinski definition) is 6. The third kappa shape index (κ3) is 3.52. The van der Waals surface area contributed by atoms with E-state index in [4.69, 9.17) is 11.6 Å². The van der Waals surface area contributed by atoms with Crippen LogP contribution in [0.1, 0.15) is 23.7 Å². The van der Waals surface area contributed by atoms with Gasteiger partial charge in [-0.3, -0.25) is 0 Å². The summed E-state index contributed by atoms with van der Waals surface area (Å²) in [7, 11) is -3.02. The van der Waals surface area contributed by atoms with Gasteiger partial charge in [0.2, 0.25) is 0 Å². The number of aromatic nitrogens is 5. The molecule has 1 saturated heterocycles. The summed E-state index contributed by atoms with van der Waals surface area (Å²) in [6.45, 7) is 1.82. The molecule has 3 aromatic rings. The number of nitrogens with zero attached hydrogens (tertiary/aromatic N) is 6. The van der Waals surface area contributed by atoms with Gasteiger partial charge in [-0.25, -0.2) is 13.1 Å². The fraction of sp³-hybridized carbons (Fsp3) is 0.294. The Kier molecular flexibility index (Phi) is 4.56. The van der Waals surface area contributed by atoms with Crippen molar-refractivity contribution in [3.05, 3.63) is 53.1 Å². The van der Waals surface area contributed by atoms with Crippen molar-refractivity contribution in [3.63, 3.8) is 0 Å². The van der Waals surface area contributed by atoms with E-state index in [9.17, 15) is 8.42 Å². The molecule has 27 heavy (non-hydrogen) atoms. The largest absolute Gasteiger partial charge is 0.249 e. The minimum Gasteiger partial charge on any atom is -0.249 e. The molecule has 0 radical (unpaired) electrons. The molecule has 4 rings (SSSR count). The van der Waals surface area contributed by atoms with E-state index in [0.717, 1.165) is 5.56 Å². The summed E-state index contributed by atoms with van der Waals surface area (Å²) in [6.07, 6.45) is 3.62. The zero-order chi connectivity index (χ0) is 19.0. The molecule has 0 aliphatic carbocycles. The van der Waals surface area contributed by atoms with Crippen molar-refractivity contribution < 1.29 is 8.42 Å². The molecule has 0 spiro atoms. The number of aryl methyl sites for hydroxylation is 1. The lowest BCUT2D eigenvalue weighted by Crippen LogP contribution is -2.12. The molecule has 3 heterocycles. The number of rotatable bonds is 4. The van der Waals surface area contributed by atoms with Gasteiger partial charge in [-0.1, -0.05) is 41.9 Å². The normalized spacial score (nSPS) is 19.1. The van der Waals surface area contributed by atoms with E-state index in [0.29, 0.717) is 28.7 Å². The highest BCUT2D eigenvalue weighted by molar-refractivity contribution is 7.91. The Bertz CT molecular complexity index is 1100. The third-order valence-electron chi connectivity index (χ3n) is 4.50. The Morgan fingerprint density at radius 2 is 2.07 bits per heavy atom. The monoisotopic (exact) mass is 404 g/mol. The van der Waals surface area contributed by atoms with Gasteiger partial charge in [0.1, 0.15) is 11.5 Å². The topological polar surface area (TPSA) is 95.0 Å². The maximum absolute atomic E-state index is 11.7. The predicted octanol–water partition coefficient (Wildman–Crippen LogP) is 2.35. The van der Waals surface area contributed by atoms with E-state index >= 15 is 0 Å². The van der Waals surface area contributed by atoms with E-state index in [2.05, 4.69) is 20.4 Å². The average Bonchev–Trinajstić information content (AvgIpc) is 3.32. The lowest BCUT2D eigenvalue weighted by molar-refractivity contribution is 0.497. The fourth-order valence-corrected chi connectivity index (χ4v) is 5.15. The van der Waals surface area contributed by atoms with Crippen LogP contribution in [0.3, 0.4) is 0 Å². The van der Waals surface area contributed by atoms with Crippen LogP contribution in [0.25, 0.3) is 11.4 Å². The van der Waals surface area contributed by atoms with Crippen LogP contribution in [-0.4, -0.2) is 50.8 Å². The number of hydrogen-bond donors (Lipinski definition) is 0. The summed E-state index contributed by atoms with van der Waals surface area (Å²) < 4.78 is 26.6. The van der Waals surface area contributed by atoms with Gasteiger partial charge in [0.15, 0.2) is 15.7 Å². The number of sulfone groups is 1. The average molecular weight is 405 g/mol. The molecule has 1 atom stereocenters. The van der Waals surface area contributed by atoms with Crippen LogP contribution in [-0.2, 0) is 9.84 Å². The van der Waals surface area contributed by atoms with Crippen molar-refractivity contribution >= 4 is 27.7 Å². The van der Waals surface area contributed by atoms with Crippen molar-refractivity contribution in [2.75, 3.05) is 11.5 Å².